The first-order chi connectivity index (χ1) is 16.8. The van der Waals surface area contributed by atoms with Gasteiger partial charge in [0.1, 0.15) is 5.25 Å². The highest BCUT2D eigenvalue weighted by atomic mass is 32.2. The zero-order valence-electron chi connectivity index (χ0n) is 18.4. The Kier molecular flexibility index (Phi) is 5.39. The highest BCUT2D eigenvalue weighted by Crippen LogP contribution is 2.45. The molecule has 3 aromatic carbocycles. The van der Waals surface area contributed by atoms with Crippen molar-refractivity contribution in [1.29, 1.82) is 0 Å². The monoisotopic (exact) mass is 465 g/mol. The summed E-state index contributed by atoms with van der Waals surface area (Å²) in [7, 11) is 0. The topological polar surface area (TPSA) is 75.6 Å². The Morgan fingerprint density at radius 3 is 2.41 bits per heavy atom. The number of rotatable bonds is 7. The van der Waals surface area contributed by atoms with Crippen LogP contribution in [-0.2, 0) is 4.79 Å². The third-order valence-electron chi connectivity index (χ3n) is 6.01. The number of carbonyl (C=O) groups excluding carboxylic acids is 1. The molecule has 34 heavy (non-hydrogen) atoms. The van der Waals surface area contributed by atoms with Crippen LogP contribution in [0.25, 0.3) is 22.3 Å². The molecule has 5 aromatic rings. The minimum Gasteiger partial charge on any atom is -0.360 e. The fraction of sp³-hybridized carbons (Fsp3) is 0.148. The molecule has 2 N–H and O–H groups in total. The van der Waals surface area contributed by atoms with Gasteiger partial charge in [-0.25, -0.2) is 0 Å². The van der Waals surface area contributed by atoms with Crippen LogP contribution in [0.4, 0.5) is 5.69 Å². The number of fused-ring (bicyclic) bond motifs is 1. The quantitative estimate of drug-likeness (QED) is 0.279. The van der Waals surface area contributed by atoms with Gasteiger partial charge in [-0.15, -0.1) is 10.2 Å². The molecule has 0 aliphatic heterocycles. The Bertz CT molecular complexity index is 1440. The van der Waals surface area contributed by atoms with Gasteiger partial charge in [-0.3, -0.25) is 9.36 Å². The van der Waals surface area contributed by atoms with E-state index in [1.165, 1.54) is 11.8 Å². The second-order valence-electron chi connectivity index (χ2n) is 8.42. The van der Waals surface area contributed by atoms with Crippen LogP contribution < -0.4 is 5.32 Å². The van der Waals surface area contributed by atoms with Crippen LogP contribution in [-0.4, -0.2) is 25.7 Å². The highest BCUT2D eigenvalue weighted by Gasteiger charge is 2.33. The van der Waals surface area contributed by atoms with Crippen molar-refractivity contribution in [2.45, 2.75) is 29.3 Å². The van der Waals surface area contributed by atoms with Gasteiger partial charge in [-0.1, -0.05) is 78.5 Å². The summed E-state index contributed by atoms with van der Waals surface area (Å²) in [6, 6.07) is 28.0. The number of amides is 1. The van der Waals surface area contributed by atoms with E-state index in [-0.39, 0.29) is 5.91 Å². The Labute approximate surface area is 201 Å². The van der Waals surface area contributed by atoms with E-state index in [1.807, 2.05) is 79.0 Å². The first-order valence-electron chi connectivity index (χ1n) is 11.4. The van der Waals surface area contributed by atoms with Crippen LogP contribution in [0.2, 0.25) is 0 Å². The lowest BCUT2D eigenvalue weighted by molar-refractivity contribution is -0.115. The van der Waals surface area contributed by atoms with Crippen LogP contribution in [0.15, 0.2) is 96.3 Å². The second kappa shape index (κ2) is 8.83. The van der Waals surface area contributed by atoms with Gasteiger partial charge in [0, 0.05) is 34.4 Å². The molecule has 1 unspecified atom stereocenters. The maximum Gasteiger partial charge on any atom is 0.242 e. The maximum absolute atomic E-state index is 13.4. The van der Waals surface area contributed by atoms with Crippen molar-refractivity contribution in [3.63, 3.8) is 0 Å². The van der Waals surface area contributed by atoms with E-state index >= 15 is 0 Å². The summed E-state index contributed by atoms with van der Waals surface area (Å²) < 4.78 is 2.21. The number of anilines is 1. The fourth-order valence-electron chi connectivity index (χ4n) is 4.19. The number of hydrogen-bond donors (Lipinski definition) is 2. The summed E-state index contributed by atoms with van der Waals surface area (Å²) >= 11 is 1.45. The van der Waals surface area contributed by atoms with Gasteiger partial charge >= 0.3 is 0 Å². The van der Waals surface area contributed by atoms with E-state index < -0.39 is 5.25 Å². The Morgan fingerprint density at radius 2 is 1.65 bits per heavy atom. The summed E-state index contributed by atoms with van der Waals surface area (Å²) in [6.07, 6.45) is 4.18. The standard InChI is InChI=1S/C27H23N5OS/c33-26(29-19-11-5-2-6-12-19)24(18-9-3-1-4-10-18)34-27-31-30-25(32(27)20-15-16-20)22-17-28-23-14-8-7-13-21(22)23/h1-14,17,20,24,28H,15-16H2,(H,29,33). The molecule has 1 aliphatic rings. The number of hydrogen-bond acceptors (Lipinski definition) is 4. The van der Waals surface area contributed by atoms with Crippen molar-refractivity contribution >= 4 is 34.3 Å². The number of carbonyl (C=O) groups is 1. The van der Waals surface area contributed by atoms with Crippen molar-refractivity contribution in [2.24, 2.45) is 0 Å². The average molecular weight is 466 g/mol. The normalized spacial score (nSPS) is 14.2. The first kappa shape index (κ1) is 20.7. The van der Waals surface area contributed by atoms with Gasteiger partial charge in [0.15, 0.2) is 11.0 Å². The van der Waals surface area contributed by atoms with Gasteiger partial charge < -0.3 is 10.3 Å². The molecule has 1 fully saturated rings. The molecule has 0 saturated heterocycles. The predicted octanol–water partition coefficient (Wildman–Crippen LogP) is 6.23. The van der Waals surface area contributed by atoms with Crippen LogP contribution in [0.3, 0.4) is 0 Å². The molecule has 6 rings (SSSR count). The molecule has 1 saturated carbocycles. The Balaban J connectivity index is 1.38. The summed E-state index contributed by atoms with van der Waals surface area (Å²) in [5.74, 6) is 0.763. The number of benzene rings is 3. The molecule has 2 heterocycles. The molecule has 1 aliphatic carbocycles. The predicted molar refractivity (Wildman–Crippen MR) is 136 cm³/mol. The summed E-state index contributed by atoms with van der Waals surface area (Å²) in [6.45, 7) is 0. The molecule has 6 nitrogen and oxygen atoms in total. The van der Waals surface area contributed by atoms with Gasteiger partial charge in [-0.2, -0.15) is 0 Å². The number of aromatic amines is 1. The SMILES string of the molecule is O=C(Nc1ccccc1)C(Sc1nnc(-c2c[nH]c3ccccc23)n1C1CC1)c1ccccc1. The minimum absolute atomic E-state index is 0.0820. The third-order valence-corrected chi connectivity index (χ3v) is 7.22. The third kappa shape index (κ3) is 3.99. The van der Waals surface area contributed by atoms with Gasteiger partial charge in [0.2, 0.25) is 5.91 Å². The maximum atomic E-state index is 13.4. The lowest BCUT2D eigenvalue weighted by atomic mass is 10.1. The van der Waals surface area contributed by atoms with Crippen LogP contribution in [0.5, 0.6) is 0 Å². The summed E-state index contributed by atoms with van der Waals surface area (Å²) in [4.78, 5) is 16.8. The number of para-hydroxylation sites is 2. The van der Waals surface area contributed by atoms with Crippen molar-refractivity contribution in [3.05, 3.63) is 96.7 Å². The zero-order chi connectivity index (χ0) is 22.9. The molecule has 1 atom stereocenters. The van der Waals surface area contributed by atoms with Crippen molar-refractivity contribution in [3.8, 4) is 11.4 Å². The fourth-order valence-corrected chi connectivity index (χ4v) is 5.30. The van der Waals surface area contributed by atoms with Gasteiger partial charge in [-0.05, 0) is 36.6 Å². The molecule has 7 heteroatoms. The number of nitrogens with zero attached hydrogens (tertiary/aromatic N) is 3. The van der Waals surface area contributed by atoms with Crippen LogP contribution >= 0.6 is 11.8 Å². The van der Waals surface area contributed by atoms with E-state index in [4.69, 9.17) is 0 Å². The van der Waals surface area contributed by atoms with E-state index in [9.17, 15) is 4.79 Å². The molecule has 2 aromatic heterocycles. The van der Waals surface area contributed by atoms with Crippen LogP contribution in [0, 0.1) is 0 Å². The number of H-pyrrole nitrogens is 1. The second-order valence-corrected chi connectivity index (χ2v) is 9.49. The van der Waals surface area contributed by atoms with Crippen molar-refractivity contribution in [2.75, 3.05) is 5.32 Å². The van der Waals surface area contributed by atoms with E-state index in [0.29, 0.717) is 6.04 Å². The first-order valence-corrected chi connectivity index (χ1v) is 12.2. The smallest absolute Gasteiger partial charge is 0.242 e. The Hall–Kier alpha value is -3.84. The molecular weight excluding hydrogens is 442 g/mol. The lowest BCUT2D eigenvalue weighted by Crippen LogP contribution is -2.19. The minimum atomic E-state index is -0.459. The largest absolute Gasteiger partial charge is 0.360 e. The summed E-state index contributed by atoms with van der Waals surface area (Å²) in [5.41, 5.74) is 3.81. The van der Waals surface area contributed by atoms with Gasteiger partial charge in [0.05, 0.1) is 0 Å². The lowest BCUT2D eigenvalue weighted by Gasteiger charge is -2.17. The zero-order valence-corrected chi connectivity index (χ0v) is 19.2. The van der Waals surface area contributed by atoms with Gasteiger partial charge in [0.25, 0.3) is 0 Å². The molecule has 0 bridgehead atoms. The molecule has 168 valence electrons. The summed E-state index contributed by atoms with van der Waals surface area (Å²) in [5, 5.41) is 13.7. The number of thioether (sulfide) groups is 1. The molecule has 1 amide bonds. The average Bonchev–Trinajstić information content (AvgIpc) is 3.49. The molecular formula is C27H23N5OS. The van der Waals surface area contributed by atoms with Crippen molar-refractivity contribution in [1.82, 2.24) is 19.7 Å². The van der Waals surface area contributed by atoms with E-state index in [0.717, 1.165) is 51.5 Å². The molecule has 0 spiro atoms. The highest BCUT2D eigenvalue weighted by molar-refractivity contribution is 8.00. The van der Waals surface area contributed by atoms with Crippen molar-refractivity contribution < 1.29 is 4.79 Å². The van der Waals surface area contributed by atoms with E-state index in [2.05, 4.69) is 37.2 Å². The van der Waals surface area contributed by atoms with Crippen LogP contribution in [0.1, 0.15) is 29.7 Å². The number of nitrogens with one attached hydrogen (secondary N) is 2. The Morgan fingerprint density at radius 1 is 0.941 bits per heavy atom. The number of aromatic nitrogens is 4. The van der Waals surface area contributed by atoms with E-state index in [1.54, 1.807) is 0 Å². The molecule has 0 radical (unpaired) electrons.